The van der Waals surface area contributed by atoms with Crippen LogP contribution in [0.25, 0.3) is 0 Å². The highest BCUT2D eigenvalue weighted by Crippen LogP contribution is 2.21. The quantitative estimate of drug-likeness (QED) is 0.900. The van der Waals surface area contributed by atoms with Gasteiger partial charge in [0.2, 0.25) is 11.8 Å². The van der Waals surface area contributed by atoms with E-state index in [0.717, 1.165) is 12.8 Å². The summed E-state index contributed by atoms with van der Waals surface area (Å²) in [6, 6.07) is 2.92. The molecule has 2 atom stereocenters. The Labute approximate surface area is 132 Å². The molecule has 1 aromatic rings. The van der Waals surface area contributed by atoms with Crippen LogP contribution in [-0.4, -0.2) is 36.4 Å². The van der Waals surface area contributed by atoms with Crippen LogP contribution in [0.5, 0.6) is 5.88 Å². The Morgan fingerprint density at radius 3 is 2.87 bits per heavy atom. The average molecular weight is 332 g/mol. The lowest BCUT2D eigenvalue weighted by Gasteiger charge is -2.28. The Balaban J connectivity index is 1.80. The van der Waals surface area contributed by atoms with Crippen molar-refractivity contribution in [1.82, 2.24) is 10.3 Å². The molecule has 2 rings (SSSR count). The van der Waals surface area contributed by atoms with Gasteiger partial charge < -0.3 is 14.8 Å². The van der Waals surface area contributed by atoms with Crippen LogP contribution in [0, 0.1) is 5.92 Å². The van der Waals surface area contributed by atoms with E-state index in [4.69, 9.17) is 4.74 Å². The van der Waals surface area contributed by atoms with Gasteiger partial charge in [-0.3, -0.25) is 4.79 Å². The maximum absolute atomic E-state index is 12.1. The van der Waals surface area contributed by atoms with E-state index in [1.807, 2.05) is 6.92 Å². The first-order valence-electron chi connectivity index (χ1n) is 7.39. The molecule has 128 valence electrons. The zero-order valence-corrected chi connectivity index (χ0v) is 12.7. The number of amides is 1. The number of rotatable bonds is 5. The summed E-state index contributed by atoms with van der Waals surface area (Å²) in [5.74, 6) is -0.368. The number of aromatic nitrogens is 1. The molecule has 1 saturated heterocycles. The first-order valence-corrected chi connectivity index (χ1v) is 7.39. The molecule has 1 amide bonds. The molecule has 0 unspecified atom stereocenters. The first kappa shape index (κ1) is 17.5. The van der Waals surface area contributed by atoms with Crippen molar-refractivity contribution in [3.63, 3.8) is 0 Å². The highest BCUT2D eigenvalue weighted by Gasteiger charge is 2.29. The molecule has 0 aliphatic carbocycles. The number of ether oxygens (including phenoxy) is 2. The predicted octanol–water partition coefficient (Wildman–Crippen LogP) is 2.45. The van der Waals surface area contributed by atoms with Crippen molar-refractivity contribution in [3.05, 3.63) is 23.9 Å². The van der Waals surface area contributed by atoms with E-state index in [1.165, 1.54) is 12.3 Å². The molecule has 1 N–H and O–H groups in total. The lowest BCUT2D eigenvalue weighted by atomic mass is 9.94. The number of hydrogen-bond acceptors (Lipinski definition) is 4. The molecular formula is C15H19F3N2O3. The van der Waals surface area contributed by atoms with Crippen molar-refractivity contribution in [1.29, 1.82) is 0 Å². The second-order valence-corrected chi connectivity index (χ2v) is 5.45. The number of hydrogen-bond donors (Lipinski definition) is 1. The standard InChI is InChI=1S/C15H19F3N2O3/c1-10-12(3-2-6-22-10)14(21)20-8-11-4-5-13(19-7-11)23-9-15(16,17)18/h4-5,7,10,12H,2-3,6,8-9H2,1H3,(H,20,21)/t10-,12+/m0/s1. The monoisotopic (exact) mass is 332 g/mol. The predicted molar refractivity (Wildman–Crippen MR) is 75.8 cm³/mol. The minimum absolute atomic E-state index is 0.0883. The second-order valence-electron chi connectivity index (χ2n) is 5.45. The minimum Gasteiger partial charge on any atom is -0.468 e. The van der Waals surface area contributed by atoms with Crippen LogP contribution in [0.1, 0.15) is 25.3 Å². The summed E-state index contributed by atoms with van der Waals surface area (Å²) in [5, 5.41) is 2.80. The van der Waals surface area contributed by atoms with Crippen LogP contribution in [0.4, 0.5) is 13.2 Å². The van der Waals surface area contributed by atoms with E-state index in [1.54, 1.807) is 6.07 Å². The third-order valence-corrected chi connectivity index (χ3v) is 3.59. The van der Waals surface area contributed by atoms with Crippen molar-refractivity contribution in [2.45, 2.75) is 38.6 Å². The van der Waals surface area contributed by atoms with Crippen LogP contribution < -0.4 is 10.1 Å². The maximum atomic E-state index is 12.1. The van der Waals surface area contributed by atoms with E-state index in [2.05, 4.69) is 15.0 Å². The number of carbonyl (C=O) groups excluding carboxylic acids is 1. The molecule has 23 heavy (non-hydrogen) atoms. The highest BCUT2D eigenvalue weighted by atomic mass is 19.4. The Kier molecular flexibility index (Phi) is 5.81. The van der Waals surface area contributed by atoms with E-state index in [9.17, 15) is 18.0 Å². The topological polar surface area (TPSA) is 60.5 Å². The Bertz CT molecular complexity index is 520. The Hall–Kier alpha value is -1.83. The summed E-state index contributed by atoms with van der Waals surface area (Å²) in [5.41, 5.74) is 0.682. The minimum atomic E-state index is -4.40. The van der Waals surface area contributed by atoms with Crippen molar-refractivity contribution >= 4 is 5.91 Å². The molecule has 0 aromatic carbocycles. The van der Waals surface area contributed by atoms with Gasteiger partial charge >= 0.3 is 6.18 Å². The Morgan fingerprint density at radius 2 is 2.26 bits per heavy atom. The van der Waals surface area contributed by atoms with Crippen LogP contribution >= 0.6 is 0 Å². The zero-order chi connectivity index (χ0) is 16.9. The summed E-state index contributed by atoms with van der Waals surface area (Å²) >= 11 is 0. The number of halogens is 3. The van der Waals surface area contributed by atoms with Gasteiger partial charge in [-0.15, -0.1) is 0 Å². The number of nitrogens with one attached hydrogen (secondary N) is 1. The van der Waals surface area contributed by atoms with Gasteiger partial charge in [0.25, 0.3) is 0 Å². The third-order valence-electron chi connectivity index (χ3n) is 3.59. The molecular weight excluding hydrogens is 313 g/mol. The molecule has 0 radical (unpaired) electrons. The lowest BCUT2D eigenvalue weighted by Crippen LogP contribution is -2.39. The van der Waals surface area contributed by atoms with Crippen LogP contribution in [-0.2, 0) is 16.1 Å². The zero-order valence-electron chi connectivity index (χ0n) is 12.7. The molecule has 1 fully saturated rings. The second kappa shape index (κ2) is 7.63. The van der Waals surface area contributed by atoms with Gasteiger partial charge in [0.1, 0.15) is 0 Å². The molecule has 2 heterocycles. The normalized spacial score (nSPS) is 21.7. The summed E-state index contributed by atoms with van der Waals surface area (Å²) < 4.78 is 46.1. The van der Waals surface area contributed by atoms with Crippen LogP contribution in [0.3, 0.4) is 0 Å². The number of nitrogens with zero attached hydrogens (tertiary/aromatic N) is 1. The number of carbonyl (C=O) groups is 1. The summed E-state index contributed by atoms with van der Waals surface area (Å²) in [4.78, 5) is 15.9. The van der Waals surface area contributed by atoms with E-state index in [-0.39, 0.29) is 30.4 Å². The maximum Gasteiger partial charge on any atom is 0.422 e. The van der Waals surface area contributed by atoms with E-state index < -0.39 is 12.8 Å². The molecule has 0 bridgehead atoms. The number of alkyl halides is 3. The van der Waals surface area contributed by atoms with Crippen molar-refractivity contribution in [2.75, 3.05) is 13.2 Å². The molecule has 1 aliphatic heterocycles. The van der Waals surface area contributed by atoms with Crippen LogP contribution in [0.2, 0.25) is 0 Å². The molecule has 0 saturated carbocycles. The van der Waals surface area contributed by atoms with E-state index in [0.29, 0.717) is 12.2 Å². The fourth-order valence-electron chi connectivity index (χ4n) is 2.34. The van der Waals surface area contributed by atoms with Gasteiger partial charge in [-0.1, -0.05) is 6.07 Å². The average Bonchev–Trinajstić information content (AvgIpc) is 2.51. The van der Waals surface area contributed by atoms with Gasteiger partial charge in [0, 0.05) is 25.4 Å². The first-order chi connectivity index (χ1) is 10.8. The smallest absolute Gasteiger partial charge is 0.422 e. The SMILES string of the molecule is C[C@@H]1OCCC[C@H]1C(=O)NCc1ccc(OCC(F)(F)F)nc1. The highest BCUT2D eigenvalue weighted by molar-refractivity contribution is 5.79. The van der Waals surface area contributed by atoms with Crippen molar-refractivity contribution in [3.8, 4) is 5.88 Å². The summed E-state index contributed by atoms with van der Waals surface area (Å²) in [7, 11) is 0. The van der Waals surface area contributed by atoms with Crippen LogP contribution in [0.15, 0.2) is 18.3 Å². The van der Waals surface area contributed by atoms with Gasteiger partial charge in [-0.05, 0) is 25.3 Å². The molecule has 1 aliphatic rings. The van der Waals surface area contributed by atoms with Crippen molar-refractivity contribution in [2.24, 2.45) is 5.92 Å². The molecule has 8 heteroatoms. The van der Waals surface area contributed by atoms with Gasteiger partial charge in [0.05, 0.1) is 12.0 Å². The summed E-state index contributed by atoms with van der Waals surface area (Å²) in [6.45, 7) is 1.43. The summed E-state index contributed by atoms with van der Waals surface area (Å²) in [6.07, 6.45) is -1.48. The largest absolute Gasteiger partial charge is 0.468 e. The molecule has 1 aromatic heterocycles. The van der Waals surface area contributed by atoms with Crippen molar-refractivity contribution < 1.29 is 27.4 Å². The van der Waals surface area contributed by atoms with Gasteiger partial charge in [0.15, 0.2) is 6.61 Å². The lowest BCUT2D eigenvalue weighted by molar-refractivity contribution is -0.154. The molecule has 0 spiro atoms. The fourth-order valence-corrected chi connectivity index (χ4v) is 2.34. The van der Waals surface area contributed by atoms with E-state index >= 15 is 0 Å². The molecule has 5 nitrogen and oxygen atoms in total. The fraction of sp³-hybridized carbons (Fsp3) is 0.600. The number of pyridine rings is 1. The van der Waals surface area contributed by atoms with Gasteiger partial charge in [-0.25, -0.2) is 4.98 Å². The Morgan fingerprint density at radius 1 is 1.48 bits per heavy atom. The van der Waals surface area contributed by atoms with Gasteiger partial charge in [-0.2, -0.15) is 13.2 Å². The third kappa shape index (κ3) is 5.70.